The Bertz CT molecular complexity index is 2720. The third-order valence-electron chi connectivity index (χ3n) is 9.35. The molecular weight excluding hydrogens is 534 g/mol. The molecule has 0 radical (unpaired) electrons. The van der Waals surface area contributed by atoms with Gasteiger partial charge in [0.05, 0.1) is 16.7 Å². The summed E-state index contributed by atoms with van der Waals surface area (Å²) in [5, 5.41) is 12.3. The van der Waals surface area contributed by atoms with Crippen molar-refractivity contribution in [3.63, 3.8) is 0 Å². The highest BCUT2D eigenvalue weighted by Crippen LogP contribution is 2.45. The molecule has 0 N–H and O–H groups in total. The first-order valence-corrected chi connectivity index (χ1v) is 15.1. The van der Waals surface area contributed by atoms with Gasteiger partial charge in [0.25, 0.3) is 0 Å². The van der Waals surface area contributed by atoms with Crippen LogP contribution in [0.25, 0.3) is 92.9 Å². The predicted molar refractivity (Wildman–Crippen MR) is 186 cm³/mol. The van der Waals surface area contributed by atoms with Gasteiger partial charge in [0.15, 0.2) is 0 Å². The minimum atomic E-state index is 0.915. The molecule has 0 aliphatic rings. The molecular formula is C42H25NO. The van der Waals surface area contributed by atoms with Crippen LogP contribution in [-0.4, -0.2) is 4.57 Å². The van der Waals surface area contributed by atoms with Crippen LogP contribution in [0.1, 0.15) is 0 Å². The van der Waals surface area contributed by atoms with E-state index < -0.39 is 0 Å². The number of aromatic nitrogens is 1. The van der Waals surface area contributed by atoms with Crippen LogP contribution in [-0.2, 0) is 0 Å². The zero-order valence-corrected chi connectivity index (χ0v) is 23.8. The van der Waals surface area contributed by atoms with Crippen LogP contribution < -0.4 is 0 Å². The van der Waals surface area contributed by atoms with E-state index >= 15 is 0 Å². The summed E-state index contributed by atoms with van der Waals surface area (Å²) in [7, 11) is 0. The Balaban J connectivity index is 1.38. The lowest BCUT2D eigenvalue weighted by Gasteiger charge is -2.19. The van der Waals surface area contributed by atoms with Crippen molar-refractivity contribution in [1.29, 1.82) is 0 Å². The van der Waals surface area contributed by atoms with Crippen LogP contribution in [0.15, 0.2) is 156 Å². The molecule has 2 heterocycles. The van der Waals surface area contributed by atoms with Gasteiger partial charge in [-0.05, 0) is 63.0 Å². The number of benzene rings is 8. The van der Waals surface area contributed by atoms with Crippen LogP contribution >= 0.6 is 0 Å². The average molecular weight is 560 g/mol. The largest absolute Gasteiger partial charge is 0.456 e. The van der Waals surface area contributed by atoms with E-state index in [1.807, 2.05) is 12.1 Å². The Morgan fingerprint density at radius 1 is 0.386 bits per heavy atom. The fourth-order valence-corrected chi connectivity index (χ4v) is 7.52. The van der Waals surface area contributed by atoms with Crippen molar-refractivity contribution in [3.05, 3.63) is 152 Å². The molecule has 8 aromatic carbocycles. The van der Waals surface area contributed by atoms with Crippen molar-refractivity contribution >= 4 is 76.1 Å². The fourth-order valence-electron chi connectivity index (χ4n) is 7.52. The molecule has 44 heavy (non-hydrogen) atoms. The quantitative estimate of drug-likeness (QED) is 0.193. The molecule has 2 heteroatoms. The van der Waals surface area contributed by atoms with Crippen LogP contribution in [0.4, 0.5) is 0 Å². The first-order chi connectivity index (χ1) is 21.8. The second-order valence-corrected chi connectivity index (χ2v) is 11.7. The second kappa shape index (κ2) is 8.82. The normalized spacial score (nSPS) is 12.1. The molecule has 0 atom stereocenters. The van der Waals surface area contributed by atoms with Gasteiger partial charge >= 0.3 is 0 Å². The average Bonchev–Trinajstić information content (AvgIpc) is 3.63. The van der Waals surface area contributed by atoms with Crippen molar-refractivity contribution in [2.24, 2.45) is 0 Å². The molecule has 0 fully saturated rings. The van der Waals surface area contributed by atoms with Gasteiger partial charge in [-0.15, -0.1) is 0 Å². The molecule has 0 unspecified atom stereocenters. The Labute approximate surface area is 253 Å². The Kier molecular flexibility index (Phi) is 4.75. The van der Waals surface area contributed by atoms with Crippen molar-refractivity contribution in [2.45, 2.75) is 0 Å². The van der Waals surface area contributed by atoms with Gasteiger partial charge in [-0.3, -0.25) is 0 Å². The number of hydrogen-bond acceptors (Lipinski definition) is 1. The minimum Gasteiger partial charge on any atom is -0.456 e. The molecule has 0 saturated carbocycles. The first-order valence-electron chi connectivity index (χ1n) is 15.1. The lowest BCUT2D eigenvalue weighted by molar-refractivity contribution is 0.669. The minimum absolute atomic E-state index is 0.915. The van der Waals surface area contributed by atoms with E-state index in [0.29, 0.717) is 0 Å². The maximum atomic E-state index is 6.20. The summed E-state index contributed by atoms with van der Waals surface area (Å²) in [6.07, 6.45) is 0. The van der Waals surface area contributed by atoms with Crippen molar-refractivity contribution in [2.75, 3.05) is 0 Å². The lowest BCUT2D eigenvalue weighted by atomic mass is 9.90. The van der Waals surface area contributed by atoms with E-state index in [-0.39, 0.29) is 0 Å². The van der Waals surface area contributed by atoms with Crippen LogP contribution in [0.5, 0.6) is 0 Å². The zero-order chi connectivity index (χ0) is 28.8. The third-order valence-corrected chi connectivity index (χ3v) is 9.35. The molecule has 204 valence electrons. The fraction of sp³-hybridized carbons (Fsp3) is 0. The monoisotopic (exact) mass is 559 g/mol. The molecule has 2 aromatic heterocycles. The number of hydrogen-bond donors (Lipinski definition) is 0. The highest BCUT2D eigenvalue weighted by molar-refractivity contribution is 6.25. The van der Waals surface area contributed by atoms with E-state index in [2.05, 4.69) is 144 Å². The SMILES string of the molecule is c1ccc2c(c1)ccc1c2c2ccccc2n1-c1c2ccccc2c(-c2ccc3oc4ccccc4c3c2)c2ccccc12. The first kappa shape index (κ1) is 23.7. The zero-order valence-electron chi connectivity index (χ0n) is 23.8. The smallest absolute Gasteiger partial charge is 0.135 e. The van der Waals surface area contributed by atoms with Gasteiger partial charge in [0.2, 0.25) is 0 Å². The molecule has 2 nitrogen and oxygen atoms in total. The van der Waals surface area contributed by atoms with E-state index in [0.717, 1.165) is 21.9 Å². The molecule has 0 spiro atoms. The van der Waals surface area contributed by atoms with Gasteiger partial charge in [-0.25, -0.2) is 0 Å². The Hall–Kier alpha value is -5.86. The van der Waals surface area contributed by atoms with Crippen molar-refractivity contribution < 1.29 is 4.42 Å². The van der Waals surface area contributed by atoms with Gasteiger partial charge in [0.1, 0.15) is 11.2 Å². The molecule has 0 amide bonds. The number of furan rings is 1. The summed E-state index contributed by atoms with van der Waals surface area (Å²) in [6, 6.07) is 54.9. The maximum absolute atomic E-state index is 6.20. The number of nitrogens with zero attached hydrogens (tertiary/aromatic N) is 1. The van der Waals surface area contributed by atoms with Crippen molar-refractivity contribution in [3.8, 4) is 16.8 Å². The highest BCUT2D eigenvalue weighted by Gasteiger charge is 2.21. The number of rotatable bonds is 2. The molecule has 0 aliphatic heterocycles. The molecule has 10 rings (SSSR count). The van der Waals surface area contributed by atoms with Crippen molar-refractivity contribution in [1.82, 2.24) is 4.57 Å². The van der Waals surface area contributed by atoms with E-state index in [4.69, 9.17) is 4.42 Å². The van der Waals surface area contributed by atoms with Crippen LogP contribution in [0, 0.1) is 0 Å². The molecule has 0 bridgehead atoms. The Morgan fingerprint density at radius 3 is 1.75 bits per heavy atom. The van der Waals surface area contributed by atoms with E-state index in [1.165, 1.54) is 70.9 Å². The second-order valence-electron chi connectivity index (χ2n) is 11.7. The van der Waals surface area contributed by atoms with Crippen LogP contribution in [0.3, 0.4) is 0 Å². The van der Waals surface area contributed by atoms with Gasteiger partial charge in [-0.1, -0.05) is 121 Å². The van der Waals surface area contributed by atoms with E-state index in [1.54, 1.807) is 0 Å². The predicted octanol–water partition coefficient (Wildman–Crippen LogP) is 11.8. The Morgan fingerprint density at radius 2 is 0.977 bits per heavy atom. The lowest BCUT2D eigenvalue weighted by Crippen LogP contribution is -1.99. The van der Waals surface area contributed by atoms with Gasteiger partial charge in [-0.2, -0.15) is 0 Å². The molecule has 0 saturated heterocycles. The highest BCUT2D eigenvalue weighted by atomic mass is 16.3. The molecule has 10 aromatic rings. The maximum Gasteiger partial charge on any atom is 0.135 e. The van der Waals surface area contributed by atoms with Gasteiger partial charge < -0.3 is 8.98 Å². The number of fused-ring (bicyclic) bond motifs is 10. The third kappa shape index (κ3) is 3.14. The summed E-state index contributed by atoms with van der Waals surface area (Å²) in [4.78, 5) is 0. The summed E-state index contributed by atoms with van der Waals surface area (Å²) in [5.41, 5.74) is 7.93. The molecule has 0 aliphatic carbocycles. The summed E-state index contributed by atoms with van der Waals surface area (Å²) < 4.78 is 8.69. The number of para-hydroxylation sites is 2. The summed E-state index contributed by atoms with van der Waals surface area (Å²) in [5.74, 6) is 0. The topological polar surface area (TPSA) is 18.1 Å². The van der Waals surface area contributed by atoms with Gasteiger partial charge in [0, 0.05) is 32.3 Å². The van der Waals surface area contributed by atoms with Crippen LogP contribution in [0.2, 0.25) is 0 Å². The summed E-state index contributed by atoms with van der Waals surface area (Å²) in [6.45, 7) is 0. The summed E-state index contributed by atoms with van der Waals surface area (Å²) >= 11 is 0. The van der Waals surface area contributed by atoms with E-state index in [9.17, 15) is 0 Å². The standard InChI is InChI=1S/C42H25NO/c1-2-12-28-26(11-1)21-23-37-41(28)34-18-7-9-19-36(34)43(37)42-32-16-5-3-14-30(32)40(31-15-4-6-17-33(31)42)27-22-24-39-35(25-27)29-13-8-10-20-38(29)44-39/h1-25H.